The van der Waals surface area contributed by atoms with Gasteiger partial charge in [-0.25, -0.2) is 9.78 Å². The van der Waals surface area contributed by atoms with Gasteiger partial charge in [-0.1, -0.05) is 33.7 Å². The summed E-state index contributed by atoms with van der Waals surface area (Å²) in [6.45, 7) is -0.228. The van der Waals surface area contributed by atoms with E-state index < -0.39 is 27.7 Å². The standard InChI is InChI=1S/C25H22N6O7S2/c1-38-20-14-17(24(33)34)10-11-19(20)30-28-22(29-31(30)25-27-18-4-2-3-5-21(18)39-25)15-6-8-16(9-7-15)23(32)26-12-13-40(35,36)37/h2-11,14H,12-13H2,1H3,(H,26,32)(H,28,29)(H,33,34)(H,35,36,37)/p+1. The number of nitrogens with two attached hydrogens (primary N) is 1. The minimum absolute atomic E-state index is 0.0602. The van der Waals surface area contributed by atoms with Crippen LogP contribution in [0.2, 0.25) is 0 Å². The first-order valence-corrected chi connectivity index (χ1v) is 14.2. The fourth-order valence-corrected chi connectivity index (χ4v) is 5.20. The van der Waals surface area contributed by atoms with Crippen molar-refractivity contribution in [3.05, 3.63) is 83.4 Å². The second-order valence-electron chi connectivity index (χ2n) is 8.52. The molecule has 0 bridgehead atoms. The van der Waals surface area contributed by atoms with Gasteiger partial charge in [-0.3, -0.25) is 9.35 Å². The molecule has 4 aromatic rings. The number of nitrogens with one attached hydrogen (secondary N) is 1. The molecule has 1 aromatic heterocycles. The van der Waals surface area contributed by atoms with Gasteiger partial charge in [-0.05, 0) is 54.6 Å². The summed E-state index contributed by atoms with van der Waals surface area (Å²) in [7, 11) is -2.74. The Bertz CT molecular complexity index is 1710. The normalized spacial score (nSPS) is 13.4. The van der Waals surface area contributed by atoms with Crippen LogP contribution in [0.5, 0.6) is 5.75 Å². The molecule has 5 N–H and O–H groups in total. The second-order valence-corrected chi connectivity index (χ2v) is 11.1. The van der Waals surface area contributed by atoms with Crippen molar-refractivity contribution in [1.29, 1.82) is 0 Å². The molecule has 0 radical (unpaired) electrons. The Morgan fingerprint density at radius 1 is 1.07 bits per heavy atom. The Morgan fingerprint density at radius 3 is 2.48 bits per heavy atom. The van der Waals surface area contributed by atoms with Crippen molar-refractivity contribution < 1.29 is 37.8 Å². The van der Waals surface area contributed by atoms with Gasteiger partial charge in [0.05, 0.1) is 34.2 Å². The van der Waals surface area contributed by atoms with Crippen LogP contribution in [0.15, 0.2) is 71.8 Å². The Hall–Kier alpha value is -4.57. The van der Waals surface area contributed by atoms with Crippen LogP contribution in [0.4, 0.5) is 10.8 Å². The highest BCUT2D eigenvalue weighted by atomic mass is 32.2. The van der Waals surface area contributed by atoms with Gasteiger partial charge < -0.3 is 15.2 Å². The van der Waals surface area contributed by atoms with Gasteiger partial charge in [-0.15, -0.1) is 5.12 Å². The van der Waals surface area contributed by atoms with Crippen molar-refractivity contribution in [3.63, 3.8) is 0 Å². The number of benzene rings is 3. The number of carboxylic acids is 1. The number of nitrogens with zero attached hydrogens (tertiary/aromatic N) is 4. The first-order chi connectivity index (χ1) is 19.1. The maximum Gasteiger partial charge on any atom is 0.335 e. The lowest BCUT2D eigenvalue weighted by Gasteiger charge is -2.23. The Kier molecular flexibility index (Phi) is 7.36. The molecule has 2 heterocycles. The number of amidine groups is 1. The van der Waals surface area contributed by atoms with E-state index in [9.17, 15) is 23.1 Å². The number of carboxylic acid groups (broad SMARTS) is 1. The number of aromatic nitrogens is 1. The first-order valence-electron chi connectivity index (χ1n) is 11.8. The number of carbonyl (C=O) groups is 2. The van der Waals surface area contributed by atoms with Crippen LogP contribution in [0.1, 0.15) is 26.3 Å². The van der Waals surface area contributed by atoms with E-state index in [1.165, 1.54) is 30.6 Å². The van der Waals surface area contributed by atoms with Crippen molar-refractivity contribution in [2.45, 2.75) is 0 Å². The number of hydrazone groups is 1. The van der Waals surface area contributed by atoms with Gasteiger partial charge in [0.25, 0.3) is 27.0 Å². The number of methoxy groups -OCH3 is 1. The zero-order chi connectivity index (χ0) is 28.4. The van der Waals surface area contributed by atoms with Crippen LogP contribution in [0.3, 0.4) is 0 Å². The summed E-state index contributed by atoms with van der Waals surface area (Å²) in [5, 5.41) is 20.5. The summed E-state index contributed by atoms with van der Waals surface area (Å²) >= 11 is 1.45. The van der Waals surface area contributed by atoms with Crippen molar-refractivity contribution >= 4 is 60.2 Å². The predicted molar refractivity (Wildman–Crippen MR) is 148 cm³/mol. The Labute approximate surface area is 232 Å². The van der Waals surface area contributed by atoms with Crippen molar-refractivity contribution in [2.75, 3.05) is 29.6 Å². The minimum atomic E-state index is -4.18. The molecule has 0 atom stereocenters. The molecule has 0 spiro atoms. The van der Waals surface area contributed by atoms with E-state index in [1.807, 2.05) is 24.3 Å². The number of quaternary nitrogens is 1. The third-order valence-corrected chi connectivity index (χ3v) is 7.61. The highest BCUT2D eigenvalue weighted by Crippen LogP contribution is 2.35. The minimum Gasteiger partial charge on any atom is -0.494 e. The van der Waals surface area contributed by atoms with Crippen LogP contribution < -0.4 is 25.7 Å². The Balaban J connectivity index is 1.47. The van der Waals surface area contributed by atoms with Gasteiger partial charge in [0.1, 0.15) is 11.4 Å². The van der Waals surface area contributed by atoms with Gasteiger partial charge in [0, 0.05) is 12.1 Å². The molecule has 13 nitrogen and oxygen atoms in total. The lowest BCUT2D eigenvalue weighted by Crippen LogP contribution is -2.96. The number of hydrazine groups is 1. The van der Waals surface area contributed by atoms with Gasteiger partial charge in [0.2, 0.25) is 0 Å². The van der Waals surface area contributed by atoms with Crippen molar-refractivity contribution in [2.24, 2.45) is 5.10 Å². The zero-order valence-electron chi connectivity index (χ0n) is 20.9. The molecule has 40 heavy (non-hydrogen) atoms. The monoisotopic (exact) mass is 583 g/mol. The Morgan fingerprint density at radius 2 is 1.80 bits per heavy atom. The molecule has 3 aromatic carbocycles. The number of thiazole rings is 1. The van der Waals surface area contributed by atoms with E-state index in [-0.39, 0.29) is 12.1 Å². The molecule has 5 rings (SSSR count). The van der Waals surface area contributed by atoms with Crippen molar-refractivity contribution in [1.82, 2.24) is 10.3 Å². The quantitative estimate of drug-likeness (QED) is 0.167. The molecule has 1 aliphatic rings. The van der Waals surface area contributed by atoms with Crippen molar-refractivity contribution in [3.8, 4) is 5.75 Å². The summed E-state index contributed by atoms with van der Waals surface area (Å²) in [5.74, 6) is -1.35. The van der Waals surface area contributed by atoms with E-state index >= 15 is 0 Å². The number of anilines is 2. The van der Waals surface area contributed by atoms with Gasteiger partial charge >= 0.3 is 5.97 Å². The number of para-hydroxylation sites is 1. The van der Waals surface area contributed by atoms with Gasteiger partial charge in [-0.2, -0.15) is 13.8 Å². The fourth-order valence-electron chi connectivity index (χ4n) is 3.91. The molecule has 0 saturated carbocycles. The van der Waals surface area contributed by atoms with Crippen LogP contribution in [-0.2, 0) is 10.1 Å². The number of fused-ring (bicyclic) bond motifs is 1. The molecule has 0 saturated heterocycles. The molecule has 0 unspecified atom stereocenters. The van der Waals surface area contributed by atoms with E-state index in [0.29, 0.717) is 33.5 Å². The average molecular weight is 584 g/mol. The lowest BCUT2D eigenvalue weighted by atomic mass is 10.1. The molecule has 206 valence electrons. The fraction of sp³-hybridized carbons (Fsp3) is 0.120. The topological polar surface area (TPSA) is 178 Å². The highest BCUT2D eigenvalue weighted by Gasteiger charge is 2.35. The summed E-state index contributed by atoms with van der Waals surface area (Å²) in [4.78, 5) is 28.6. The molecule has 1 amide bonds. The number of hydrogen-bond acceptors (Lipinski definition) is 10. The number of aromatic carboxylic acids is 1. The second kappa shape index (κ2) is 10.9. The van der Waals surface area contributed by atoms with E-state index in [4.69, 9.17) is 19.4 Å². The molecule has 0 fully saturated rings. The summed E-state index contributed by atoms with van der Waals surface area (Å²) in [6.07, 6.45) is 0. The highest BCUT2D eigenvalue weighted by molar-refractivity contribution is 7.85. The third kappa shape index (κ3) is 5.72. The summed E-state index contributed by atoms with van der Waals surface area (Å²) in [5.41, 5.74) is 4.08. The number of amides is 1. The summed E-state index contributed by atoms with van der Waals surface area (Å²) < 4.78 is 37.1. The summed E-state index contributed by atoms with van der Waals surface area (Å²) in [6, 6.07) is 18.7. The largest absolute Gasteiger partial charge is 0.494 e. The van der Waals surface area contributed by atoms with Crippen LogP contribution in [-0.4, -0.2) is 60.2 Å². The van der Waals surface area contributed by atoms with E-state index in [0.717, 1.165) is 10.2 Å². The molecular formula is C25H23N6O7S2+. The smallest absolute Gasteiger partial charge is 0.335 e. The average Bonchev–Trinajstić information content (AvgIpc) is 3.56. The number of hydrogen-bond donors (Lipinski definition) is 4. The number of carbonyl (C=O) groups excluding carboxylic acids is 1. The van der Waals surface area contributed by atoms with Crippen LogP contribution in [0.25, 0.3) is 10.2 Å². The maximum atomic E-state index is 12.4. The molecule has 1 aliphatic heterocycles. The molecule has 0 aliphatic carbocycles. The lowest BCUT2D eigenvalue weighted by molar-refractivity contribution is -0.545. The number of rotatable bonds is 9. The van der Waals surface area contributed by atoms with Gasteiger partial charge in [0.15, 0.2) is 0 Å². The molecule has 15 heteroatoms. The first kappa shape index (κ1) is 27.0. The van der Waals surface area contributed by atoms with Crippen LogP contribution in [0, 0.1) is 0 Å². The maximum absolute atomic E-state index is 12.4. The molecular weight excluding hydrogens is 560 g/mol. The zero-order valence-corrected chi connectivity index (χ0v) is 22.5. The van der Waals surface area contributed by atoms with Crippen LogP contribution >= 0.6 is 11.3 Å². The van der Waals surface area contributed by atoms with E-state index in [2.05, 4.69) is 5.32 Å². The number of ether oxygens (including phenoxy) is 1. The third-order valence-electron chi connectivity index (χ3n) is 5.86. The predicted octanol–water partition coefficient (Wildman–Crippen LogP) is 1.70. The SMILES string of the molecule is COc1cc(C(=O)O)ccc1N1N=C(c2ccc(C(=O)NCCS(=O)(=O)O)cc2)[NH2+]N1c1nc2ccccc2s1. The van der Waals surface area contributed by atoms with E-state index in [1.54, 1.807) is 46.0 Å².